The van der Waals surface area contributed by atoms with E-state index in [9.17, 15) is 26.3 Å². The van der Waals surface area contributed by atoms with Gasteiger partial charge in [-0.3, -0.25) is 0 Å². The van der Waals surface area contributed by atoms with Gasteiger partial charge in [-0.25, -0.2) is 8.78 Å². The van der Waals surface area contributed by atoms with Crippen molar-refractivity contribution in [2.24, 2.45) is 0 Å². The zero-order valence-corrected chi connectivity index (χ0v) is 10.1. The molecule has 0 fully saturated rings. The lowest BCUT2D eigenvalue weighted by molar-refractivity contribution is -0.140. The summed E-state index contributed by atoms with van der Waals surface area (Å²) in [6, 6.07) is 3.41. The van der Waals surface area contributed by atoms with Gasteiger partial charge in [0.2, 0.25) is 5.82 Å². The van der Waals surface area contributed by atoms with Crippen LogP contribution in [-0.2, 0) is 6.18 Å². The average Bonchev–Trinajstić information content (AvgIpc) is 2.40. The van der Waals surface area contributed by atoms with Crippen LogP contribution in [0, 0.1) is 17.5 Å². The van der Waals surface area contributed by atoms with E-state index >= 15 is 0 Å². The Labute approximate surface area is 114 Å². The first-order chi connectivity index (χ1) is 9.70. The molecule has 21 heavy (non-hydrogen) atoms. The number of rotatable bonds is 2. The second-order valence-electron chi connectivity index (χ2n) is 4.02. The lowest BCUT2D eigenvalue weighted by atomic mass is 10.2. The van der Waals surface area contributed by atoms with Crippen LogP contribution in [0.5, 0.6) is 11.5 Å². The number of hydrogen-bond acceptors (Lipinski definition) is 2. The number of nitrogen functional groups attached to an aromatic ring is 1. The Morgan fingerprint density at radius 2 is 1.52 bits per heavy atom. The summed E-state index contributed by atoms with van der Waals surface area (Å²) in [6.45, 7) is 0. The molecule has 2 aromatic carbocycles. The molecule has 0 aliphatic carbocycles. The summed E-state index contributed by atoms with van der Waals surface area (Å²) in [4.78, 5) is 0. The predicted molar refractivity (Wildman–Crippen MR) is 62.2 cm³/mol. The summed E-state index contributed by atoms with van der Waals surface area (Å²) in [5, 5.41) is 0. The van der Waals surface area contributed by atoms with Gasteiger partial charge in [0.1, 0.15) is 11.6 Å². The summed E-state index contributed by atoms with van der Waals surface area (Å²) in [5.41, 5.74) is 3.46. The van der Waals surface area contributed by atoms with Crippen LogP contribution in [0.3, 0.4) is 0 Å². The van der Waals surface area contributed by atoms with E-state index < -0.39 is 40.7 Å². The Morgan fingerprint density at radius 3 is 2.14 bits per heavy atom. The normalized spacial score (nSPS) is 11.5. The molecule has 2 rings (SSSR count). The Balaban J connectivity index is 2.44. The minimum absolute atomic E-state index is 0.313. The van der Waals surface area contributed by atoms with E-state index in [1.165, 1.54) is 0 Å². The Hall–Kier alpha value is -2.38. The highest BCUT2D eigenvalue weighted by atomic mass is 19.4. The molecule has 0 aromatic heterocycles. The van der Waals surface area contributed by atoms with Crippen LogP contribution in [-0.4, -0.2) is 0 Å². The number of benzene rings is 2. The van der Waals surface area contributed by atoms with Gasteiger partial charge in [0.15, 0.2) is 11.6 Å². The summed E-state index contributed by atoms with van der Waals surface area (Å²) < 4.78 is 82.0. The third-order valence-corrected chi connectivity index (χ3v) is 2.54. The van der Waals surface area contributed by atoms with Crippen molar-refractivity contribution in [1.29, 1.82) is 0 Å². The van der Waals surface area contributed by atoms with Crippen molar-refractivity contribution in [1.82, 2.24) is 0 Å². The fraction of sp³-hybridized carbons (Fsp3) is 0.0769. The molecule has 0 heterocycles. The number of halogens is 6. The van der Waals surface area contributed by atoms with Crippen molar-refractivity contribution in [2.75, 3.05) is 5.73 Å². The van der Waals surface area contributed by atoms with Gasteiger partial charge in [0, 0.05) is 0 Å². The molecule has 2 nitrogen and oxygen atoms in total. The quantitative estimate of drug-likeness (QED) is 0.655. The highest BCUT2D eigenvalue weighted by molar-refractivity contribution is 5.55. The van der Waals surface area contributed by atoms with Crippen molar-refractivity contribution in [3.63, 3.8) is 0 Å². The van der Waals surface area contributed by atoms with Crippen LogP contribution < -0.4 is 10.5 Å². The maximum Gasteiger partial charge on any atom is 0.419 e. The largest absolute Gasteiger partial charge is 0.452 e. The van der Waals surface area contributed by atoms with Crippen LogP contribution >= 0.6 is 0 Å². The monoisotopic (exact) mass is 307 g/mol. The topological polar surface area (TPSA) is 35.2 Å². The number of hydrogen-bond donors (Lipinski definition) is 1. The van der Waals surface area contributed by atoms with Crippen LogP contribution in [0.4, 0.5) is 32.0 Å². The summed E-state index contributed by atoms with van der Waals surface area (Å²) in [6.07, 6.45) is -4.95. The zero-order chi connectivity index (χ0) is 15.8. The third kappa shape index (κ3) is 3.04. The summed E-state index contributed by atoms with van der Waals surface area (Å²) >= 11 is 0. The van der Waals surface area contributed by atoms with Gasteiger partial charge in [-0.1, -0.05) is 0 Å². The highest BCUT2D eigenvalue weighted by Gasteiger charge is 2.34. The standard InChI is InChI=1S/C13H7F6NO/c14-8-2-1-6(5-7(8)13(17,18)19)21-12-10(20)4-3-9(15)11(12)16/h1-5H,20H2. The van der Waals surface area contributed by atoms with E-state index in [4.69, 9.17) is 10.5 Å². The Kier molecular flexibility index (Phi) is 3.71. The fourth-order valence-corrected chi connectivity index (χ4v) is 1.55. The van der Waals surface area contributed by atoms with Gasteiger partial charge in [0.05, 0.1) is 11.3 Å². The van der Waals surface area contributed by atoms with E-state index in [2.05, 4.69) is 0 Å². The SMILES string of the molecule is Nc1ccc(F)c(F)c1Oc1ccc(F)c(C(F)(F)F)c1. The second kappa shape index (κ2) is 5.19. The molecule has 0 aliphatic heterocycles. The number of ether oxygens (including phenoxy) is 1. The lowest BCUT2D eigenvalue weighted by Gasteiger charge is -2.13. The average molecular weight is 307 g/mol. The third-order valence-electron chi connectivity index (χ3n) is 2.54. The Morgan fingerprint density at radius 1 is 0.905 bits per heavy atom. The van der Waals surface area contributed by atoms with Gasteiger partial charge >= 0.3 is 6.18 Å². The molecule has 8 heteroatoms. The minimum atomic E-state index is -4.95. The van der Waals surface area contributed by atoms with Crippen molar-refractivity contribution >= 4 is 5.69 Å². The minimum Gasteiger partial charge on any atom is -0.452 e. The molecule has 0 saturated carbocycles. The summed E-state index contributed by atoms with van der Waals surface area (Å²) in [7, 11) is 0. The summed E-state index contributed by atoms with van der Waals surface area (Å²) in [5.74, 6) is -5.54. The molecule has 0 bridgehead atoms. The van der Waals surface area contributed by atoms with Crippen LogP contribution in [0.2, 0.25) is 0 Å². The maximum absolute atomic E-state index is 13.5. The first kappa shape index (κ1) is 15.0. The second-order valence-corrected chi connectivity index (χ2v) is 4.02. The van der Waals surface area contributed by atoms with E-state index in [0.29, 0.717) is 12.1 Å². The van der Waals surface area contributed by atoms with Crippen LogP contribution in [0.1, 0.15) is 5.56 Å². The highest BCUT2D eigenvalue weighted by Crippen LogP contribution is 2.36. The number of anilines is 1. The molecular weight excluding hydrogens is 300 g/mol. The van der Waals surface area contributed by atoms with Gasteiger partial charge < -0.3 is 10.5 Å². The van der Waals surface area contributed by atoms with Crippen LogP contribution in [0.15, 0.2) is 30.3 Å². The molecule has 0 unspecified atom stereocenters. The van der Waals surface area contributed by atoms with Crippen molar-refractivity contribution < 1.29 is 31.1 Å². The molecule has 0 atom stereocenters. The van der Waals surface area contributed by atoms with Crippen molar-refractivity contribution in [3.05, 3.63) is 53.3 Å². The van der Waals surface area contributed by atoms with Gasteiger partial charge in [-0.15, -0.1) is 0 Å². The first-order valence-electron chi connectivity index (χ1n) is 5.48. The van der Waals surface area contributed by atoms with Gasteiger partial charge in [-0.2, -0.15) is 17.6 Å². The molecule has 0 spiro atoms. The molecule has 0 aliphatic rings. The molecule has 0 saturated heterocycles. The van der Waals surface area contributed by atoms with E-state index in [1.807, 2.05) is 0 Å². The molecule has 112 valence electrons. The van der Waals surface area contributed by atoms with E-state index in [1.54, 1.807) is 0 Å². The van der Waals surface area contributed by atoms with Crippen molar-refractivity contribution in [2.45, 2.75) is 6.18 Å². The smallest absolute Gasteiger partial charge is 0.419 e. The molecule has 2 aromatic rings. The maximum atomic E-state index is 13.5. The van der Waals surface area contributed by atoms with E-state index in [-0.39, 0.29) is 5.69 Å². The molecule has 0 radical (unpaired) electrons. The first-order valence-corrected chi connectivity index (χ1v) is 5.48. The molecular formula is C13H7F6NO. The molecule has 2 N–H and O–H groups in total. The predicted octanol–water partition coefficient (Wildman–Crippen LogP) is 4.50. The lowest BCUT2D eigenvalue weighted by Crippen LogP contribution is -2.08. The Bertz CT molecular complexity index is 683. The van der Waals surface area contributed by atoms with Gasteiger partial charge in [0.25, 0.3) is 0 Å². The van der Waals surface area contributed by atoms with Crippen molar-refractivity contribution in [3.8, 4) is 11.5 Å². The number of nitrogens with two attached hydrogens (primary N) is 1. The van der Waals surface area contributed by atoms with E-state index in [0.717, 1.165) is 18.2 Å². The fourth-order valence-electron chi connectivity index (χ4n) is 1.55. The van der Waals surface area contributed by atoms with Gasteiger partial charge in [-0.05, 0) is 30.3 Å². The zero-order valence-electron chi connectivity index (χ0n) is 10.1. The van der Waals surface area contributed by atoms with Crippen LogP contribution in [0.25, 0.3) is 0 Å². The molecule has 0 amide bonds. The number of alkyl halides is 3.